The van der Waals surface area contributed by atoms with Gasteiger partial charge in [0, 0.05) is 31.4 Å². The topological polar surface area (TPSA) is 78.0 Å². The Bertz CT molecular complexity index is 669. The Morgan fingerprint density at radius 2 is 2.00 bits per heavy atom. The van der Waals surface area contributed by atoms with Crippen LogP contribution in [-0.4, -0.2) is 56.9 Å². The number of ether oxygens (including phenoxy) is 1. The monoisotopic (exact) mass is 529 g/mol. The molecule has 1 saturated heterocycles. The quantitative estimate of drug-likeness (QED) is 0.274. The molecule has 3 rings (SSSR count). The molecule has 2 unspecified atom stereocenters. The minimum Gasteiger partial charge on any atom is -0.450 e. The molecule has 0 radical (unpaired) electrons. The highest BCUT2D eigenvalue weighted by atomic mass is 127. The highest BCUT2D eigenvalue weighted by Crippen LogP contribution is 2.32. The first-order chi connectivity index (χ1) is 14.2. The molecule has 1 heterocycles. The Balaban J connectivity index is 0.00000320. The maximum absolute atomic E-state index is 11.8. The Labute approximate surface area is 197 Å². The molecule has 2 fully saturated rings. The highest BCUT2D eigenvalue weighted by Gasteiger charge is 2.32. The number of hydrogen-bond donors (Lipinski definition) is 3. The second kappa shape index (κ2) is 12.9. The average molecular weight is 529 g/mol. The van der Waals surface area contributed by atoms with Crippen LogP contribution in [0.25, 0.3) is 0 Å². The molecule has 168 valence electrons. The van der Waals surface area contributed by atoms with E-state index in [2.05, 4.69) is 58.1 Å². The summed E-state index contributed by atoms with van der Waals surface area (Å²) in [5.74, 6) is 1.33. The van der Waals surface area contributed by atoms with Gasteiger partial charge in [0.15, 0.2) is 5.96 Å². The summed E-state index contributed by atoms with van der Waals surface area (Å²) in [6.45, 7) is 7.69. The first-order valence-electron chi connectivity index (χ1n) is 11.0. The molecule has 1 aliphatic carbocycles. The molecule has 1 aromatic rings. The van der Waals surface area contributed by atoms with Gasteiger partial charge in [-0.2, -0.15) is 0 Å². The summed E-state index contributed by atoms with van der Waals surface area (Å²) < 4.78 is 5.04. The van der Waals surface area contributed by atoms with Gasteiger partial charge in [-0.15, -0.1) is 24.0 Å². The van der Waals surface area contributed by atoms with Crippen molar-refractivity contribution < 1.29 is 9.53 Å². The van der Waals surface area contributed by atoms with Crippen molar-refractivity contribution >= 4 is 41.7 Å². The molecule has 1 aromatic carbocycles. The van der Waals surface area contributed by atoms with Crippen LogP contribution in [0.15, 0.2) is 35.3 Å². The first-order valence-corrected chi connectivity index (χ1v) is 11.0. The number of benzene rings is 1. The van der Waals surface area contributed by atoms with E-state index < -0.39 is 0 Å². The van der Waals surface area contributed by atoms with E-state index in [4.69, 9.17) is 9.73 Å². The van der Waals surface area contributed by atoms with Crippen LogP contribution in [0.4, 0.5) is 10.5 Å². The Morgan fingerprint density at radius 3 is 2.67 bits per heavy atom. The number of nitrogens with one attached hydrogen (secondary N) is 3. The van der Waals surface area contributed by atoms with Crippen molar-refractivity contribution in [3.05, 3.63) is 30.3 Å². The molecule has 0 spiro atoms. The van der Waals surface area contributed by atoms with E-state index in [1.54, 1.807) is 0 Å². The van der Waals surface area contributed by atoms with Gasteiger partial charge in [-0.3, -0.25) is 4.99 Å². The van der Waals surface area contributed by atoms with E-state index in [9.17, 15) is 4.79 Å². The van der Waals surface area contributed by atoms with Crippen LogP contribution < -0.4 is 20.9 Å². The van der Waals surface area contributed by atoms with Crippen molar-refractivity contribution in [2.24, 2.45) is 10.9 Å². The molecule has 1 saturated carbocycles. The van der Waals surface area contributed by atoms with Crippen LogP contribution in [0.3, 0.4) is 0 Å². The molecule has 8 heteroatoms. The second-order valence-corrected chi connectivity index (χ2v) is 7.79. The number of anilines is 1. The molecule has 0 bridgehead atoms. The number of alkyl carbamates (subject to hydrolysis) is 1. The summed E-state index contributed by atoms with van der Waals surface area (Å²) in [7, 11) is 0. The van der Waals surface area contributed by atoms with Crippen LogP contribution in [0.1, 0.15) is 39.5 Å². The van der Waals surface area contributed by atoms with Gasteiger partial charge in [0.05, 0.1) is 19.2 Å². The molecular weight excluding hydrogens is 493 g/mol. The lowest BCUT2D eigenvalue weighted by Gasteiger charge is -2.35. The summed E-state index contributed by atoms with van der Waals surface area (Å²) in [5, 5.41) is 9.93. The van der Waals surface area contributed by atoms with Gasteiger partial charge in [0.2, 0.25) is 0 Å². The molecule has 7 nitrogen and oxygen atoms in total. The third-order valence-electron chi connectivity index (χ3n) is 5.44. The standard InChI is InChI=1S/C22H35N5O2.HI/c1-3-23-21(24-15-20(17-12-13-17)26-22(28)29-4-2)25-18-9-8-14-27(16-18)19-10-6-5-7-11-19;/h5-7,10-11,17-18,20H,3-4,8-9,12-16H2,1-2H3,(H,26,28)(H2,23,24,25);1H. The van der Waals surface area contributed by atoms with E-state index in [1.807, 2.05) is 6.92 Å². The van der Waals surface area contributed by atoms with Gasteiger partial charge in [0.1, 0.15) is 0 Å². The molecule has 30 heavy (non-hydrogen) atoms. The highest BCUT2D eigenvalue weighted by molar-refractivity contribution is 14.0. The van der Waals surface area contributed by atoms with Crippen molar-refractivity contribution in [3.8, 4) is 0 Å². The molecule has 0 aromatic heterocycles. The van der Waals surface area contributed by atoms with Crippen LogP contribution in [0.2, 0.25) is 0 Å². The van der Waals surface area contributed by atoms with Gasteiger partial charge in [-0.1, -0.05) is 18.2 Å². The van der Waals surface area contributed by atoms with Gasteiger partial charge in [-0.25, -0.2) is 4.79 Å². The number of hydrogen-bond acceptors (Lipinski definition) is 4. The van der Waals surface area contributed by atoms with Crippen molar-refractivity contribution in [3.63, 3.8) is 0 Å². The zero-order valence-electron chi connectivity index (χ0n) is 18.1. The van der Waals surface area contributed by atoms with Crippen LogP contribution >= 0.6 is 24.0 Å². The molecular formula is C22H36IN5O2. The zero-order chi connectivity index (χ0) is 20.5. The SMILES string of the molecule is CCNC(=NCC(NC(=O)OCC)C1CC1)NC1CCCN(c2ccccc2)C1.I. The van der Waals surface area contributed by atoms with Crippen LogP contribution in [0, 0.1) is 5.92 Å². The summed E-state index contributed by atoms with van der Waals surface area (Å²) in [6, 6.07) is 11.0. The van der Waals surface area contributed by atoms with Crippen molar-refractivity contribution in [1.82, 2.24) is 16.0 Å². The van der Waals surface area contributed by atoms with E-state index in [-0.39, 0.29) is 36.1 Å². The summed E-state index contributed by atoms with van der Waals surface area (Å²) in [4.78, 5) is 19.0. The fraction of sp³-hybridized carbons (Fsp3) is 0.636. The minimum absolute atomic E-state index is 0. The maximum Gasteiger partial charge on any atom is 0.407 e. The van der Waals surface area contributed by atoms with Gasteiger partial charge >= 0.3 is 6.09 Å². The number of piperidine rings is 1. The number of rotatable bonds is 8. The third-order valence-corrected chi connectivity index (χ3v) is 5.44. The number of halogens is 1. The van der Waals surface area contributed by atoms with Crippen LogP contribution in [0.5, 0.6) is 0 Å². The zero-order valence-corrected chi connectivity index (χ0v) is 20.4. The summed E-state index contributed by atoms with van der Waals surface area (Å²) in [6.07, 6.45) is 4.22. The van der Waals surface area contributed by atoms with Crippen molar-refractivity contribution in [1.29, 1.82) is 0 Å². The lowest BCUT2D eigenvalue weighted by atomic mass is 10.0. The molecule has 2 aliphatic rings. The third kappa shape index (κ3) is 7.85. The average Bonchev–Trinajstić information content (AvgIpc) is 3.57. The lowest BCUT2D eigenvalue weighted by molar-refractivity contribution is 0.147. The normalized spacial score (nSPS) is 20.0. The maximum atomic E-state index is 11.8. The molecule has 2 atom stereocenters. The molecule has 1 aliphatic heterocycles. The number of carbonyl (C=O) groups is 1. The van der Waals surface area contributed by atoms with Crippen molar-refractivity contribution in [2.75, 3.05) is 37.7 Å². The Kier molecular flexibility index (Phi) is 10.5. The van der Waals surface area contributed by atoms with E-state index >= 15 is 0 Å². The smallest absolute Gasteiger partial charge is 0.407 e. The Hall–Kier alpha value is -1.71. The molecule has 3 N–H and O–H groups in total. The fourth-order valence-electron chi connectivity index (χ4n) is 3.81. The Morgan fingerprint density at radius 1 is 1.23 bits per heavy atom. The van der Waals surface area contributed by atoms with E-state index in [0.29, 0.717) is 25.1 Å². The summed E-state index contributed by atoms with van der Waals surface area (Å²) in [5.41, 5.74) is 1.27. The lowest BCUT2D eigenvalue weighted by Crippen LogP contribution is -2.51. The largest absolute Gasteiger partial charge is 0.450 e. The van der Waals surface area contributed by atoms with Crippen LogP contribution in [-0.2, 0) is 4.74 Å². The van der Waals surface area contributed by atoms with Gasteiger partial charge < -0.3 is 25.6 Å². The number of para-hydroxylation sites is 1. The minimum atomic E-state index is -0.344. The number of amides is 1. The number of nitrogens with zero attached hydrogens (tertiary/aromatic N) is 2. The predicted molar refractivity (Wildman–Crippen MR) is 133 cm³/mol. The van der Waals surface area contributed by atoms with Gasteiger partial charge in [-0.05, 0) is 57.6 Å². The van der Waals surface area contributed by atoms with E-state index in [1.165, 1.54) is 5.69 Å². The number of carbonyl (C=O) groups excluding carboxylic acids is 1. The molecule has 1 amide bonds. The van der Waals surface area contributed by atoms with Gasteiger partial charge in [0.25, 0.3) is 0 Å². The number of aliphatic imine (C=N–C) groups is 1. The first kappa shape index (κ1) is 24.6. The number of guanidine groups is 1. The summed E-state index contributed by atoms with van der Waals surface area (Å²) >= 11 is 0. The fourth-order valence-corrected chi connectivity index (χ4v) is 3.81. The van der Waals surface area contributed by atoms with E-state index in [0.717, 1.165) is 51.3 Å². The van der Waals surface area contributed by atoms with Crippen molar-refractivity contribution in [2.45, 2.75) is 51.6 Å². The second-order valence-electron chi connectivity index (χ2n) is 7.79. The predicted octanol–water partition coefficient (Wildman–Crippen LogP) is 3.35.